The van der Waals surface area contributed by atoms with Gasteiger partial charge in [-0.2, -0.15) is 10.2 Å². The molecule has 0 aliphatic heterocycles. The molecular formula is C21H17N5O4S. The van der Waals surface area contributed by atoms with E-state index in [4.69, 9.17) is 5.73 Å². The fraction of sp³-hybridized carbons (Fsp3) is 0.0476. The third-order valence-corrected chi connectivity index (χ3v) is 5.69. The summed E-state index contributed by atoms with van der Waals surface area (Å²) in [6, 6.07) is 15.7. The summed E-state index contributed by atoms with van der Waals surface area (Å²) in [5.74, 6) is -0.582. The minimum Gasteiger partial charge on any atom is -0.366 e. The van der Waals surface area contributed by atoms with Crippen LogP contribution in [-0.4, -0.2) is 40.1 Å². The average molecular weight is 435 g/mol. The minimum atomic E-state index is -3.40. The van der Waals surface area contributed by atoms with E-state index in [2.05, 4.69) is 10.2 Å². The van der Waals surface area contributed by atoms with Gasteiger partial charge in [0.2, 0.25) is 11.3 Å². The molecule has 1 amide bonds. The van der Waals surface area contributed by atoms with Crippen LogP contribution in [0.25, 0.3) is 22.8 Å². The maximum atomic E-state index is 12.6. The fourth-order valence-electron chi connectivity index (χ4n) is 3.06. The molecule has 4 aromatic rings. The topological polar surface area (TPSA) is 130 Å². The van der Waals surface area contributed by atoms with Gasteiger partial charge in [-0.3, -0.25) is 9.59 Å². The van der Waals surface area contributed by atoms with E-state index in [1.54, 1.807) is 42.5 Å². The Bertz CT molecular complexity index is 1470. The molecule has 0 saturated carbocycles. The highest BCUT2D eigenvalue weighted by Crippen LogP contribution is 2.20. The summed E-state index contributed by atoms with van der Waals surface area (Å²) in [5, 5.41) is 8.66. The molecule has 9 nitrogen and oxygen atoms in total. The van der Waals surface area contributed by atoms with Crippen molar-refractivity contribution < 1.29 is 13.2 Å². The Kier molecular flexibility index (Phi) is 4.99. The molecule has 0 fully saturated rings. The van der Waals surface area contributed by atoms with E-state index in [0.29, 0.717) is 22.6 Å². The Morgan fingerprint density at radius 1 is 1.00 bits per heavy atom. The van der Waals surface area contributed by atoms with E-state index >= 15 is 0 Å². The highest BCUT2D eigenvalue weighted by molar-refractivity contribution is 7.90. The number of carbonyl (C=O) groups is 1. The molecule has 2 aromatic carbocycles. The van der Waals surface area contributed by atoms with Gasteiger partial charge in [-0.15, -0.1) is 0 Å². The zero-order valence-electron chi connectivity index (χ0n) is 16.3. The van der Waals surface area contributed by atoms with Crippen LogP contribution in [0, 0.1) is 0 Å². The summed E-state index contributed by atoms with van der Waals surface area (Å²) in [5.41, 5.74) is 6.84. The summed E-state index contributed by atoms with van der Waals surface area (Å²) >= 11 is 0. The molecule has 10 heteroatoms. The van der Waals surface area contributed by atoms with Gasteiger partial charge in [0.25, 0.3) is 0 Å². The summed E-state index contributed by atoms with van der Waals surface area (Å²) in [6.45, 7) is 0. The maximum absolute atomic E-state index is 12.6. The number of primary amides is 1. The molecule has 0 spiro atoms. The monoisotopic (exact) mass is 435 g/mol. The summed E-state index contributed by atoms with van der Waals surface area (Å²) < 4.78 is 26.7. The highest BCUT2D eigenvalue weighted by atomic mass is 32.2. The lowest BCUT2D eigenvalue weighted by molar-refractivity contribution is 0.1000. The van der Waals surface area contributed by atoms with Crippen molar-refractivity contribution in [1.82, 2.24) is 19.6 Å². The Labute approximate surface area is 177 Å². The van der Waals surface area contributed by atoms with Crippen LogP contribution in [0.4, 0.5) is 0 Å². The van der Waals surface area contributed by atoms with E-state index in [-0.39, 0.29) is 16.0 Å². The number of aromatic nitrogens is 4. The summed E-state index contributed by atoms with van der Waals surface area (Å²) in [7, 11) is -3.40. The lowest BCUT2D eigenvalue weighted by Crippen LogP contribution is -2.15. The van der Waals surface area contributed by atoms with Crippen LogP contribution in [0.15, 0.2) is 82.7 Å². The van der Waals surface area contributed by atoms with Crippen molar-refractivity contribution in [3.63, 3.8) is 0 Å². The average Bonchev–Trinajstić information content (AvgIpc) is 3.23. The van der Waals surface area contributed by atoms with E-state index in [9.17, 15) is 18.0 Å². The number of carbonyl (C=O) groups excluding carboxylic acids is 1. The van der Waals surface area contributed by atoms with Crippen LogP contribution in [-0.2, 0) is 9.84 Å². The van der Waals surface area contributed by atoms with E-state index in [1.807, 2.05) is 0 Å². The smallest absolute Gasteiger partial charge is 0.248 e. The van der Waals surface area contributed by atoms with Crippen LogP contribution in [0.2, 0.25) is 0 Å². The molecule has 0 bridgehead atoms. The van der Waals surface area contributed by atoms with Gasteiger partial charge in [0.15, 0.2) is 15.5 Å². The first-order valence-corrected chi connectivity index (χ1v) is 11.0. The number of hydrogen-bond acceptors (Lipinski definition) is 6. The number of rotatable bonds is 5. The molecular weight excluding hydrogens is 418 g/mol. The second-order valence-corrected chi connectivity index (χ2v) is 8.80. The van der Waals surface area contributed by atoms with E-state index < -0.39 is 15.7 Å². The zero-order valence-corrected chi connectivity index (χ0v) is 17.2. The first kappa shape index (κ1) is 20.2. The molecule has 0 aliphatic rings. The lowest BCUT2D eigenvalue weighted by atomic mass is 10.2. The summed E-state index contributed by atoms with van der Waals surface area (Å²) in [4.78, 5) is 24.3. The van der Waals surface area contributed by atoms with Gasteiger partial charge in [0.05, 0.1) is 28.2 Å². The normalized spacial score (nSPS) is 11.4. The van der Waals surface area contributed by atoms with Crippen LogP contribution in [0.3, 0.4) is 0 Å². The molecule has 2 N–H and O–H groups in total. The highest BCUT2D eigenvalue weighted by Gasteiger charge is 2.15. The van der Waals surface area contributed by atoms with Crippen molar-refractivity contribution in [2.45, 2.75) is 4.90 Å². The standard InChI is InChI=1S/C21H17N5O4S/c1-31(29,30)17-7-3-5-15(13-17)25-11-9-19(27)20(24-25)18-8-10-23-26(18)16-6-2-4-14(12-16)21(22)28/h2-13H,1H3,(H2,22,28). The Hall–Kier alpha value is -4.05. The quantitative estimate of drug-likeness (QED) is 0.507. The van der Waals surface area contributed by atoms with Gasteiger partial charge < -0.3 is 5.73 Å². The number of nitrogens with two attached hydrogens (primary N) is 1. The van der Waals surface area contributed by atoms with Gasteiger partial charge in [-0.25, -0.2) is 17.8 Å². The van der Waals surface area contributed by atoms with Crippen molar-refractivity contribution in [3.05, 3.63) is 88.8 Å². The third-order valence-electron chi connectivity index (χ3n) is 4.58. The number of amides is 1. The van der Waals surface area contributed by atoms with Gasteiger partial charge in [0.1, 0.15) is 0 Å². The van der Waals surface area contributed by atoms with Crippen molar-refractivity contribution in [1.29, 1.82) is 0 Å². The molecule has 0 aliphatic carbocycles. The van der Waals surface area contributed by atoms with Gasteiger partial charge in [0, 0.05) is 24.1 Å². The Morgan fingerprint density at radius 2 is 1.74 bits per heavy atom. The Morgan fingerprint density at radius 3 is 2.48 bits per heavy atom. The van der Waals surface area contributed by atoms with Crippen molar-refractivity contribution >= 4 is 15.7 Å². The van der Waals surface area contributed by atoms with Crippen LogP contribution in [0.5, 0.6) is 0 Å². The van der Waals surface area contributed by atoms with Crippen molar-refractivity contribution in [2.75, 3.05) is 6.26 Å². The first-order valence-electron chi connectivity index (χ1n) is 9.09. The van der Waals surface area contributed by atoms with Gasteiger partial charge >= 0.3 is 0 Å². The molecule has 0 unspecified atom stereocenters. The molecule has 2 aromatic heterocycles. The van der Waals surface area contributed by atoms with Gasteiger partial charge in [-0.05, 0) is 42.5 Å². The van der Waals surface area contributed by atoms with Crippen LogP contribution >= 0.6 is 0 Å². The number of hydrogen-bond donors (Lipinski definition) is 1. The molecule has 2 heterocycles. The van der Waals surface area contributed by atoms with E-state index in [1.165, 1.54) is 40.0 Å². The maximum Gasteiger partial charge on any atom is 0.248 e. The number of benzene rings is 2. The summed E-state index contributed by atoms with van der Waals surface area (Å²) in [6.07, 6.45) is 4.09. The van der Waals surface area contributed by atoms with Crippen LogP contribution < -0.4 is 11.2 Å². The lowest BCUT2D eigenvalue weighted by Gasteiger charge is -2.11. The zero-order chi connectivity index (χ0) is 22.2. The van der Waals surface area contributed by atoms with E-state index in [0.717, 1.165) is 6.26 Å². The minimum absolute atomic E-state index is 0.106. The second kappa shape index (κ2) is 7.65. The van der Waals surface area contributed by atoms with Crippen LogP contribution in [0.1, 0.15) is 10.4 Å². The van der Waals surface area contributed by atoms with Crippen molar-refractivity contribution in [3.8, 4) is 22.8 Å². The molecule has 31 heavy (non-hydrogen) atoms. The Balaban J connectivity index is 1.84. The van der Waals surface area contributed by atoms with Crippen molar-refractivity contribution in [2.24, 2.45) is 5.73 Å². The fourth-order valence-corrected chi connectivity index (χ4v) is 3.73. The SMILES string of the molecule is CS(=O)(=O)c1cccc(-n2ccc(=O)c(-c3ccnn3-c3cccc(C(N)=O)c3)n2)c1. The predicted octanol–water partition coefficient (Wildman–Crippen LogP) is 1.59. The molecule has 4 rings (SSSR count). The molecule has 0 radical (unpaired) electrons. The number of sulfone groups is 1. The molecule has 0 saturated heterocycles. The first-order chi connectivity index (χ1) is 14.7. The largest absolute Gasteiger partial charge is 0.366 e. The third kappa shape index (κ3) is 4.01. The molecule has 0 atom stereocenters. The predicted molar refractivity (Wildman–Crippen MR) is 114 cm³/mol. The molecule has 156 valence electrons. The van der Waals surface area contributed by atoms with Gasteiger partial charge in [-0.1, -0.05) is 12.1 Å². The second-order valence-electron chi connectivity index (χ2n) is 6.79. The number of nitrogens with zero attached hydrogens (tertiary/aromatic N) is 4.